The van der Waals surface area contributed by atoms with E-state index in [1.165, 1.54) is 0 Å². The van der Waals surface area contributed by atoms with Crippen molar-refractivity contribution in [2.45, 2.75) is 6.54 Å². The molecule has 0 radical (unpaired) electrons. The highest BCUT2D eigenvalue weighted by Crippen LogP contribution is 2.10. The molecule has 1 aliphatic rings. The number of amides is 1. The zero-order valence-electron chi connectivity index (χ0n) is 15.2. The second-order valence-corrected chi connectivity index (χ2v) is 5.98. The largest absolute Gasteiger partial charge is 0.366 e. The number of piperazine rings is 1. The van der Waals surface area contributed by atoms with Crippen molar-refractivity contribution in [1.29, 1.82) is 0 Å². The Morgan fingerprint density at radius 2 is 1.78 bits per heavy atom. The lowest BCUT2D eigenvalue weighted by atomic mass is 10.1. The maximum atomic E-state index is 11.1. The molecule has 9 heteroatoms. The Bertz CT molecular complexity index is 759. The number of primary amides is 1. The number of hydrogen-bond acceptors (Lipinski definition) is 5. The maximum absolute atomic E-state index is 11.1. The van der Waals surface area contributed by atoms with Crippen molar-refractivity contribution >= 4 is 41.8 Å². The van der Waals surface area contributed by atoms with Gasteiger partial charge in [-0.25, -0.2) is 9.97 Å². The van der Waals surface area contributed by atoms with Crippen LogP contribution in [0.15, 0.2) is 47.7 Å². The molecule has 1 saturated heterocycles. The summed E-state index contributed by atoms with van der Waals surface area (Å²) >= 11 is 0. The molecule has 0 saturated carbocycles. The number of anilines is 1. The number of benzene rings is 1. The highest BCUT2D eigenvalue weighted by atomic mass is 127. The average molecular weight is 481 g/mol. The molecule has 3 N–H and O–H groups in total. The fraction of sp³-hybridized carbons (Fsp3) is 0.333. The summed E-state index contributed by atoms with van der Waals surface area (Å²) in [6, 6.07) is 9.08. The first kappa shape index (κ1) is 20.9. The lowest BCUT2D eigenvalue weighted by Crippen LogP contribution is -2.52. The average Bonchev–Trinajstić information content (AvgIpc) is 2.70. The van der Waals surface area contributed by atoms with E-state index in [2.05, 4.69) is 30.1 Å². The van der Waals surface area contributed by atoms with Crippen molar-refractivity contribution in [2.75, 3.05) is 38.1 Å². The minimum atomic E-state index is -0.416. The Labute approximate surface area is 175 Å². The zero-order chi connectivity index (χ0) is 18.4. The number of nitrogens with zero attached hydrogens (tertiary/aromatic N) is 5. The molecular weight excluding hydrogens is 457 g/mol. The fourth-order valence-electron chi connectivity index (χ4n) is 2.87. The number of halogens is 1. The van der Waals surface area contributed by atoms with Gasteiger partial charge in [0.2, 0.25) is 11.9 Å². The topological polar surface area (TPSA) is 99.7 Å². The lowest BCUT2D eigenvalue weighted by Gasteiger charge is -2.36. The van der Waals surface area contributed by atoms with Gasteiger partial charge in [0.15, 0.2) is 5.96 Å². The second kappa shape index (κ2) is 10.0. The summed E-state index contributed by atoms with van der Waals surface area (Å²) in [5.74, 6) is 1.21. The van der Waals surface area contributed by atoms with E-state index in [-0.39, 0.29) is 24.0 Å². The Morgan fingerprint density at radius 3 is 2.33 bits per heavy atom. The molecule has 1 aromatic heterocycles. The molecule has 0 spiro atoms. The Morgan fingerprint density at radius 1 is 1.15 bits per heavy atom. The molecule has 1 aromatic carbocycles. The van der Waals surface area contributed by atoms with E-state index in [0.717, 1.165) is 43.7 Å². The number of rotatable bonds is 4. The summed E-state index contributed by atoms with van der Waals surface area (Å²) in [4.78, 5) is 28.5. The molecule has 0 atom stereocenters. The van der Waals surface area contributed by atoms with E-state index in [1.54, 1.807) is 31.6 Å². The van der Waals surface area contributed by atoms with Crippen LogP contribution in [0.3, 0.4) is 0 Å². The van der Waals surface area contributed by atoms with E-state index in [9.17, 15) is 4.79 Å². The van der Waals surface area contributed by atoms with Gasteiger partial charge in [-0.2, -0.15) is 0 Å². The Hall–Kier alpha value is -2.43. The van der Waals surface area contributed by atoms with Crippen molar-refractivity contribution in [3.8, 4) is 0 Å². The summed E-state index contributed by atoms with van der Waals surface area (Å²) < 4.78 is 0. The highest BCUT2D eigenvalue weighted by Gasteiger charge is 2.20. The minimum absolute atomic E-state index is 0. The summed E-state index contributed by atoms with van der Waals surface area (Å²) in [6.07, 6.45) is 3.53. The van der Waals surface area contributed by atoms with Crippen LogP contribution in [0, 0.1) is 0 Å². The van der Waals surface area contributed by atoms with Gasteiger partial charge in [-0.05, 0) is 23.8 Å². The summed E-state index contributed by atoms with van der Waals surface area (Å²) in [5.41, 5.74) is 6.84. The molecule has 1 fully saturated rings. The van der Waals surface area contributed by atoms with Crippen molar-refractivity contribution in [1.82, 2.24) is 20.2 Å². The number of guanidine groups is 1. The Balaban J connectivity index is 0.00000261. The summed E-state index contributed by atoms with van der Waals surface area (Å²) in [6.45, 7) is 4.01. The van der Waals surface area contributed by atoms with Crippen molar-refractivity contribution in [2.24, 2.45) is 10.7 Å². The van der Waals surface area contributed by atoms with E-state index >= 15 is 0 Å². The molecule has 8 nitrogen and oxygen atoms in total. The molecule has 2 aromatic rings. The van der Waals surface area contributed by atoms with Gasteiger partial charge in [-0.1, -0.05) is 12.1 Å². The van der Waals surface area contributed by atoms with Crippen LogP contribution in [0.2, 0.25) is 0 Å². The fourth-order valence-corrected chi connectivity index (χ4v) is 2.87. The monoisotopic (exact) mass is 481 g/mol. The normalized spacial score (nSPS) is 14.5. The molecule has 3 rings (SSSR count). The summed E-state index contributed by atoms with van der Waals surface area (Å²) in [5, 5.41) is 3.37. The van der Waals surface area contributed by atoms with E-state index in [0.29, 0.717) is 12.1 Å². The number of carbonyl (C=O) groups excluding carboxylic acids is 1. The predicted octanol–water partition coefficient (Wildman–Crippen LogP) is 1.09. The molecule has 27 heavy (non-hydrogen) atoms. The van der Waals surface area contributed by atoms with Gasteiger partial charge in [-0.15, -0.1) is 24.0 Å². The van der Waals surface area contributed by atoms with Crippen LogP contribution < -0.4 is 16.0 Å². The van der Waals surface area contributed by atoms with Crippen molar-refractivity contribution in [3.05, 3.63) is 53.9 Å². The highest BCUT2D eigenvalue weighted by molar-refractivity contribution is 14.0. The molecular formula is C18H24IN7O. The van der Waals surface area contributed by atoms with Crippen LogP contribution in [0.1, 0.15) is 15.9 Å². The molecule has 2 heterocycles. The number of carbonyl (C=O) groups is 1. The lowest BCUT2D eigenvalue weighted by molar-refractivity contribution is 0.100. The van der Waals surface area contributed by atoms with Gasteiger partial charge in [0.1, 0.15) is 0 Å². The van der Waals surface area contributed by atoms with Crippen LogP contribution in [-0.4, -0.2) is 60.0 Å². The SMILES string of the molecule is CN=C(NCc1ccc(C(N)=O)cc1)N1CCN(c2ncccn2)CC1.I. The first-order chi connectivity index (χ1) is 12.7. The van der Waals surface area contributed by atoms with Gasteiger partial charge in [0, 0.05) is 57.7 Å². The molecule has 1 amide bonds. The van der Waals surface area contributed by atoms with Crippen LogP contribution in [0.5, 0.6) is 0 Å². The third-order valence-corrected chi connectivity index (χ3v) is 4.32. The molecule has 144 valence electrons. The third-order valence-electron chi connectivity index (χ3n) is 4.32. The van der Waals surface area contributed by atoms with Crippen molar-refractivity contribution < 1.29 is 4.79 Å². The van der Waals surface area contributed by atoms with Crippen LogP contribution in [0.4, 0.5) is 5.95 Å². The molecule has 0 unspecified atom stereocenters. The first-order valence-electron chi connectivity index (χ1n) is 8.53. The first-order valence-corrected chi connectivity index (χ1v) is 8.53. The second-order valence-electron chi connectivity index (χ2n) is 5.98. The Kier molecular flexibility index (Phi) is 7.77. The maximum Gasteiger partial charge on any atom is 0.248 e. The number of nitrogens with two attached hydrogens (primary N) is 1. The van der Waals surface area contributed by atoms with E-state index in [4.69, 9.17) is 5.73 Å². The minimum Gasteiger partial charge on any atom is -0.366 e. The van der Waals surface area contributed by atoms with E-state index in [1.807, 2.05) is 18.2 Å². The van der Waals surface area contributed by atoms with E-state index < -0.39 is 5.91 Å². The number of nitrogens with one attached hydrogen (secondary N) is 1. The van der Waals surface area contributed by atoms with Crippen LogP contribution in [0.25, 0.3) is 0 Å². The van der Waals surface area contributed by atoms with Crippen LogP contribution in [-0.2, 0) is 6.54 Å². The zero-order valence-corrected chi connectivity index (χ0v) is 17.5. The number of hydrogen-bond donors (Lipinski definition) is 2. The quantitative estimate of drug-likeness (QED) is 0.386. The van der Waals surface area contributed by atoms with Gasteiger partial charge in [0.05, 0.1) is 0 Å². The number of aromatic nitrogens is 2. The van der Waals surface area contributed by atoms with Crippen molar-refractivity contribution in [3.63, 3.8) is 0 Å². The number of aliphatic imine (C=N–C) groups is 1. The standard InChI is InChI=1S/C18H23N7O.HI/c1-20-17(23-13-14-3-5-15(6-4-14)16(19)26)24-9-11-25(12-10-24)18-21-7-2-8-22-18;/h2-8H,9-13H2,1H3,(H2,19,26)(H,20,23);1H. The smallest absolute Gasteiger partial charge is 0.248 e. The van der Waals surface area contributed by atoms with Gasteiger partial charge >= 0.3 is 0 Å². The van der Waals surface area contributed by atoms with Gasteiger partial charge in [0.25, 0.3) is 0 Å². The molecule has 0 aliphatic carbocycles. The van der Waals surface area contributed by atoms with Crippen LogP contribution >= 0.6 is 24.0 Å². The van der Waals surface area contributed by atoms with Gasteiger partial charge in [-0.3, -0.25) is 9.79 Å². The predicted molar refractivity (Wildman–Crippen MR) is 116 cm³/mol. The summed E-state index contributed by atoms with van der Waals surface area (Å²) in [7, 11) is 1.78. The third kappa shape index (κ3) is 5.52. The molecule has 0 bridgehead atoms. The molecule has 1 aliphatic heterocycles. The van der Waals surface area contributed by atoms with Gasteiger partial charge < -0.3 is 20.9 Å².